The van der Waals surface area contributed by atoms with Gasteiger partial charge in [0.1, 0.15) is 0 Å². The smallest absolute Gasteiger partial charge is 0.0924 e. The molecular weight excluding hydrogens is 248 g/mol. The van der Waals surface area contributed by atoms with Crippen molar-refractivity contribution in [2.75, 3.05) is 13.2 Å². The van der Waals surface area contributed by atoms with Crippen LogP contribution >= 0.6 is 0 Å². The standard InChI is InChI=1S/C16H34N4/c1-7-8-9-17-12-18-13(2)19-14-10-15(3,4)20-16(5,6)11-14/h14,17-20H,2,7-12H2,1,3-6H3. The van der Waals surface area contributed by atoms with Crippen LogP contribution < -0.4 is 21.3 Å². The maximum Gasteiger partial charge on any atom is 0.0924 e. The molecule has 118 valence electrons. The topological polar surface area (TPSA) is 48.1 Å². The summed E-state index contributed by atoms with van der Waals surface area (Å²) in [5.41, 5.74) is 0.331. The Bertz CT molecular complexity index is 294. The molecule has 0 saturated carbocycles. The molecule has 0 unspecified atom stereocenters. The third-order valence-corrected chi connectivity index (χ3v) is 3.70. The fraction of sp³-hybridized carbons (Fsp3) is 0.875. The second-order valence-electron chi connectivity index (χ2n) is 7.33. The Morgan fingerprint density at radius 1 is 1.20 bits per heavy atom. The minimum Gasteiger partial charge on any atom is -0.369 e. The van der Waals surface area contributed by atoms with Crippen LogP contribution in [0.15, 0.2) is 12.4 Å². The summed E-state index contributed by atoms with van der Waals surface area (Å²) < 4.78 is 0. The van der Waals surface area contributed by atoms with Crippen LogP contribution in [-0.2, 0) is 0 Å². The van der Waals surface area contributed by atoms with Gasteiger partial charge < -0.3 is 21.3 Å². The van der Waals surface area contributed by atoms with Crippen molar-refractivity contribution < 1.29 is 0 Å². The summed E-state index contributed by atoms with van der Waals surface area (Å²) in [7, 11) is 0. The third kappa shape index (κ3) is 6.62. The molecule has 1 saturated heterocycles. The maximum atomic E-state index is 4.08. The highest BCUT2D eigenvalue weighted by Crippen LogP contribution is 2.28. The monoisotopic (exact) mass is 282 g/mol. The average Bonchev–Trinajstić information content (AvgIpc) is 2.24. The van der Waals surface area contributed by atoms with Gasteiger partial charge in [0.2, 0.25) is 0 Å². The molecule has 0 amide bonds. The minimum absolute atomic E-state index is 0.166. The lowest BCUT2D eigenvalue weighted by atomic mass is 9.79. The van der Waals surface area contributed by atoms with E-state index in [4.69, 9.17) is 0 Å². The van der Waals surface area contributed by atoms with Crippen LogP contribution in [0.1, 0.15) is 60.3 Å². The second kappa shape index (κ2) is 7.32. The molecule has 0 spiro atoms. The molecule has 0 atom stereocenters. The summed E-state index contributed by atoms with van der Waals surface area (Å²) in [5.74, 6) is 0.924. The van der Waals surface area contributed by atoms with Gasteiger partial charge in [-0.1, -0.05) is 19.9 Å². The van der Waals surface area contributed by atoms with Gasteiger partial charge in [0.25, 0.3) is 0 Å². The summed E-state index contributed by atoms with van der Waals surface area (Å²) in [6.45, 7) is 17.2. The van der Waals surface area contributed by atoms with Gasteiger partial charge in [-0.15, -0.1) is 0 Å². The van der Waals surface area contributed by atoms with E-state index in [0.717, 1.165) is 31.9 Å². The summed E-state index contributed by atoms with van der Waals surface area (Å²) in [5, 5.41) is 13.9. The Balaban J connectivity index is 2.30. The van der Waals surface area contributed by atoms with Crippen molar-refractivity contribution in [3.05, 3.63) is 12.4 Å². The molecule has 0 aromatic carbocycles. The summed E-state index contributed by atoms with van der Waals surface area (Å²) in [6.07, 6.45) is 4.67. The van der Waals surface area contributed by atoms with Crippen molar-refractivity contribution in [2.24, 2.45) is 0 Å². The van der Waals surface area contributed by atoms with Crippen LogP contribution in [-0.4, -0.2) is 30.3 Å². The normalized spacial score (nSPS) is 21.4. The van der Waals surface area contributed by atoms with Gasteiger partial charge in [-0.2, -0.15) is 0 Å². The van der Waals surface area contributed by atoms with E-state index in [1.807, 2.05) is 0 Å². The molecule has 1 heterocycles. The van der Waals surface area contributed by atoms with E-state index in [0.29, 0.717) is 6.04 Å². The van der Waals surface area contributed by atoms with Crippen molar-refractivity contribution >= 4 is 0 Å². The van der Waals surface area contributed by atoms with E-state index in [1.54, 1.807) is 0 Å². The Labute approximate surface area is 125 Å². The van der Waals surface area contributed by atoms with Gasteiger partial charge in [0.05, 0.1) is 12.5 Å². The van der Waals surface area contributed by atoms with Crippen LogP contribution in [0.5, 0.6) is 0 Å². The SMILES string of the molecule is C=C(NCNCCCC)NC1CC(C)(C)NC(C)(C)C1. The lowest BCUT2D eigenvalue weighted by Crippen LogP contribution is -2.61. The van der Waals surface area contributed by atoms with Gasteiger partial charge in [0, 0.05) is 17.1 Å². The number of piperidine rings is 1. The number of hydrogen-bond donors (Lipinski definition) is 4. The lowest BCUT2D eigenvalue weighted by molar-refractivity contribution is 0.150. The predicted octanol–water partition coefficient (Wildman–Crippen LogP) is 2.29. The molecule has 1 aliphatic rings. The molecule has 0 bridgehead atoms. The Kier molecular flexibility index (Phi) is 6.34. The first-order valence-electron chi connectivity index (χ1n) is 7.93. The number of nitrogens with one attached hydrogen (secondary N) is 4. The van der Waals surface area contributed by atoms with Crippen LogP contribution in [0.2, 0.25) is 0 Å². The first-order valence-corrected chi connectivity index (χ1v) is 7.93. The molecule has 4 N–H and O–H groups in total. The summed E-state index contributed by atoms with van der Waals surface area (Å²) in [4.78, 5) is 0. The zero-order valence-corrected chi connectivity index (χ0v) is 14.0. The molecule has 1 fully saturated rings. The van der Waals surface area contributed by atoms with Gasteiger partial charge in [-0.3, -0.25) is 0 Å². The molecule has 1 aliphatic heterocycles. The van der Waals surface area contributed by atoms with Crippen molar-refractivity contribution in [2.45, 2.75) is 77.4 Å². The summed E-state index contributed by atoms with van der Waals surface area (Å²) in [6, 6.07) is 0.469. The fourth-order valence-corrected chi connectivity index (χ4v) is 3.28. The first kappa shape index (κ1) is 17.3. The quantitative estimate of drug-likeness (QED) is 0.407. The van der Waals surface area contributed by atoms with Crippen molar-refractivity contribution in [1.29, 1.82) is 0 Å². The highest BCUT2D eigenvalue weighted by atomic mass is 15.2. The molecular formula is C16H34N4. The molecule has 0 aromatic rings. The van der Waals surface area contributed by atoms with Crippen LogP contribution in [0.25, 0.3) is 0 Å². The van der Waals surface area contributed by atoms with E-state index in [-0.39, 0.29) is 11.1 Å². The molecule has 1 rings (SSSR count). The van der Waals surface area contributed by atoms with Gasteiger partial charge in [-0.05, 0) is 53.5 Å². The zero-order chi connectivity index (χ0) is 15.2. The van der Waals surface area contributed by atoms with E-state index >= 15 is 0 Å². The highest BCUT2D eigenvalue weighted by molar-refractivity contribution is 5.03. The van der Waals surface area contributed by atoms with Crippen molar-refractivity contribution in [3.63, 3.8) is 0 Å². The Morgan fingerprint density at radius 2 is 1.80 bits per heavy atom. The molecule has 0 aliphatic carbocycles. The first-order chi connectivity index (χ1) is 9.24. The third-order valence-electron chi connectivity index (χ3n) is 3.70. The molecule has 4 nitrogen and oxygen atoms in total. The molecule has 0 aromatic heterocycles. The van der Waals surface area contributed by atoms with E-state index in [2.05, 4.69) is 62.5 Å². The lowest BCUT2D eigenvalue weighted by Gasteiger charge is -2.47. The Morgan fingerprint density at radius 3 is 2.35 bits per heavy atom. The Hall–Kier alpha value is -0.740. The van der Waals surface area contributed by atoms with E-state index < -0.39 is 0 Å². The number of unbranched alkanes of at least 4 members (excludes halogenated alkanes) is 1. The largest absolute Gasteiger partial charge is 0.369 e. The predicted molar refractivity (Wildman–Crippen MR) is 87.5 cm³/mol. The van der Waals surface area contributed by atoms with Crippen LogP contribution in [0, 0.1) is 0 Å². The average molecular weight is 282 g/mol. The van der Waals surface area contributed by atoms with E-state index in [9.17, 15) is 0 Å². The van der Waals surface area contributed by atoms with E-state index in [1.165, 1.54) is 12.8 Å². The zero-order valence-electron chi connectivity index (χ0n) is 14.0. The number of rotatable bonds is 8. The van der Waals surface area contributed by atoms with Gasteiger partial charge in [-0.25, -0.2) is 0 Å². The molecule has 0 radical (unpaired) electrons. The van der Waals surface area contributed by atoms with Crippen LogP contribution in [0.4, 0.5) is 0 Å². The highest BCUT2D eigenvalue weighted by Gasteiger charge is 2.37. The summed E-state index contributed by atoms with van der Waals surface area (Å²) >= 11 is 0. The van der Waals surface area contributed by atoms with Gasteiger partial charge >= 0.3 is 0 Å². The fourth-order valence-electron chi connectivity index (χ4n) is 3.28. The van der Waals surface area contributed by atoms with Crippen molar-refractivity contribution in [3.8, 4) is 0 Å². The molecule has 20 heavy (non-hydrogen) atoms. The molecule has 4 heteroatoms. The second-order valence-corrected chi connectivity index (χ2v) is 7.33. The maximum absolute atomic E-state index is 4.08. The van der Waals surface area contributed by atoms with Gasteiger partial charge in [0.15, 0.2) is 0 Å². The van der Waals surface area contributed by atoms with Crippen molar-refractivity contribution in [1.82, 2.24) is 21.3 Å². The van der Waals surface area contributed by atoms with Crippen LogP contribution in [0.3, 0.4) is 0 Å². The number of hydrogen-bond acceptors (Lipinski definition) is 4. The minimum atomic E-state index is 0.166.